The van der Waals surface area contributed by atoms with E-state index in [9.17, 15) is 0 Å². The summed E-state index contributed by atoms with van der Waals surface area (Å²) in [5.74, 6) is 0.687. The summed E-state index contributed by atoms with van der Waals surface area (Å²) in [6, 6.07) is 1.95. The van der Waals surface area contributed by atoms with Crippen molar-refractivity contribution >= 4 is 15.9 Å². The highest BCUT2D eigenvalue weighted by Crippen LogP contribution is 2.27. The number of nitrogens with one attached hydrogen (secondary N) is 1. The molecule has 1 N–H and O–H groups in total. The Hall–Kier alpha value is -1.40. The van der Waals surface area contributed by atoms with Gasteiger partial charge in [-0.25, -0.2) is 4.98 Å². The van der Waals surface area contributed by atoms with Crippen LogP contribution in [0.3, 0.4) is 0 Å². The van der Waals surface area contributed by atoms with Gasteiger partial charge >= 0.3 is 0 Å². The number of hydrogen-bond donors (Lipinski definition) is 1. The molecule has 0 spiro atoms. The van der Waals surface area contributed by atoms with Crippen molar-refractivity contribution in [3.8, 4) is 5.88 Å². The molecule has 0 aliphatic carbocycles. The lowest BCUT2D eigenvalue weighted by molar-refractivity contribution is 0.239. The van der Waals surface area contributed by atoms with E-state index in [1.807, 2.05) is 12.3 Å². The highest BCUT2D eigenvalue weighted by molar-refractivity contribution is 9.10. The minimum atomic E-state index is 0.687. The van der Waals surface area contributed by atoms with Crippen molar-refractivity contribution in [2.45, 2.75) is 19.5 Å². The number of nitrogens with zero attached hydrogens (tertiary/aromatic N) is 3. The van der Waals surface area contributed by atoms with E-state index >= 15 is 0 Å². The van der Waals surface area contributed by atoms with E-state index in [2.05, 4.69) is 36.0 Å². The van der Waals surface area contributed by atoms with Gasteiger partial charge in [-0.2, -0.15) is 5.10 Å². The summed E-state index contributed by atoms with van der Waals surface area (Å²) in [6.07, 6.45) is 4.67. The lowest BCUT2D eigenvalue weighted by Gasteiger charge is -2.27. The van der Waals surface area contributed by atoms with E-state index in [-0.39, 0.29) is 0 Å². The number of fused-ring (bicyclic) bond motifs is 1. The number of H-pyrrole nitrogens is 1. The lowest BCUT2D eigenvalue weighted by atomic mass is 10.1. The molecule has 0 atom stereocenters. The fourth-order valence-electron chi connectivity index (χ4n) is 2.41. The minimum absolute atomic E-state index is 0.687. The zero-order valence-corrected chi connectivity index (χ0v) is 12.3. The van der Waals surface area contributed by atoms with Crippen LogP contribution in [0.4, 0.5) is 0 Å². The molecule has 0 saturated carbocycles. The molecule has 3 heterocycles. The van der Waals surface area contributed by atoms with E-state index in [0.29, 0.717) is 5.88 Å². The topological polar surface area (TPSA) is 54.0 Å². The van der Waals surface area contributed by atoms with Crippen molar-refractivity contribution in [3.63, 3.8) is 0 Å². The maximum atomic E-state index is 5.34. The number of ether oxygens (including phenoxy) is 1. The van der Waals surface area contributed by atoms with Gasteiger partial charge < -0.3 is 4.74 Å². The smallest absolute Gasteiger partial charge is 0.218 e. The Kier molecular flexibility index (Phi) is 3.52. The molecule has 3 rings (SSSR count). The normalized spacial score (nSPS) is 15.3. The lowest BCUT2D eigenvalue weighted by Crippen LogP contribution is -2.30. The third-order valence-corrected chi connectivity index (χ3v) is 4.16. The molecular formula is C13H15BrN4O. The van der Waals surface area contributed by atoms with Gasteiger partial charge in [-0.05, 0) is 6.07 Å². The van der Waals surface area contributed by atoms with E-state index in [1.54, 1.807) is 13.3 Å². The predicted molar refractivity (Wildman–Crippen MR) is 74.9 cm³/mol. The molecule has 0 bridgehead atoms. The van der Waals surface area contributed by atoms with Crippen molar-refractivity contribution in [2.75, 3.05) is 13.7 Å². The van der Waals surface area contributed by atoms with Crippen molar-refractivity contribution in [1.29, 1.82) is 0 Å². The summed E-state index contributed by atoms with van der Waals surface area (Å²) < 4.78 is 6.38. The zero-order chi connectivity index (χ0) is 13.2. The van der Waals surface area contributed by atoms with Crippen LogP contribution in [0.15, 0.2) is 22.9 Å². The molecule has 2 aromatic rings. The second-order valence-corrected chi connectivity index (χ2v) is 5.47. The molecule has 19 heavy (non-hydrogen) atoms. The fraction of sp³-hybridized carbons (Fsp3) is 0.385. The van der Waals surface area contributed by atoms with Crippen LogP contribution in [0.5, 0.6) is 5.88 Å². The molecule has 0 saturated heterocycles. The Morgan fingerprint density at radius 3 is 3.26 bits per heavy atom. The Balaban J connectivity index is 1.80. The zero-order valence-electron chi connectivity index (χ0n) is 10.7. The summed E-state index contributed by atoms with van der Waals surface area (Å²) in [6.45, 7) is 2.75. The summed E-state index contributed by atoms with van der Waals surface area (Å²) in [4.78, 5) is 6.64. The highest BCUT2D eigenvalue weighted by Gasteiger charge is 2.20. The van der Waals surface area contributed by atoms with Gasteiger partial charge in [0.25, 0.3) is 0 Å². The van der Waals surface area contributed by atoms with Gasteiger partial charge in [0.1, 0.15) is 0 Å². The molecule has 0 aromatic carbocycles. The van der Waals surface area contributed by atoms with Crippen LogP contribution in [0.1, 0.15) is 16.8 Å². The van der Waals surface area contributed by atoms with Crippen molar-refractivity contribution in [3.05, 3.63) is 39.8 Å². The number of halogens is 1. The highest BCUT2D eigenvalue weighted by atomic mass is 79.9. The van der Waals surface area contributed by atoms with Gasteiger partial charge in [0, 0.05) is 53.5 Å². The second kappa shape index (κ2) is 5.30. The average Bonchev–Trinajstić information content (AvgIpc) is 2.88. The van der Waals surface area contributed by atoms with Crippen LogP contribution in [0.25, 0.3) is 0 Å². The van der Waals surface area contributed by atoms with Crippen LogP contribution >= 0.6 is 15.9 Å². The van der Waals surface area contributed by atoms with Gasteiger partial charge in [0.15, 0.2) is 0 Å². The van der Waals surface area contributed by atoms with Crippen LogP contribution in [0.2, 0.25) is 0 Å². The fourth-order valence-corrected chi connectivity index (χ4v) is 2.82. The van der Waals surface area contributed by atoms with Crippen molar-refractivity contribution < 1.29 is 4.74 Å². The van der Waals surface area contributed by atoms with E-state index < -0.39 is 0 Å². The summed E-state index contributed by atoms with van der Waals surface area (Å²) in [7, 11) is 1.66. The standard InChI is InChI=1S/C13H15BrN4O/c1-19-13-10(11(14)2-4-15-13)8-18-5-3-12-9(7-18)6-16-17-12/h2,4,6H,3,5,7-8H2,1H3,(H,16,17). The van der Waals surface area contributed by atoms with Crippen LogP contribution in [0, 0.1) is 0 Å². The molecule has 6 heteroatoms. The van der Waals surface area contributed by atoms with E-state index in [4.69, 9.17) is 4.74 Å². The van der Waals surface area contributed by atoms with Crippen LogP contribution in [-0.4, -0.2) is 33.7 Å². The monoisotopic (exact) mass is 322 g/mol. The molecule has 0 unspecified atom stereocenters. The summed E-state index contributed by atoms with van der Waals surface area (Å²) >= 11 is 3.57. The molecule has 0 amide bonds. The first-order valence-electron chi connectivity index (χ1n) is 6.18. The largest absolute Gasteiger partial charge is 0.481 e. The first kappa shape index (κ1) is 12.6. The van der Waals surface area contributed by atoms with Crippen molar-refractivity contribution in [2.24, 2.45) is 0 Å². The Bertz CT molecular complexity index is 584. The quantitative estimate of drug-likeness (QED) is 0.940. The molecule has 1 aliphatic rings. The number of aromatic amines is 1. The number of rotatable bonds is 3. The van der Waals surface area contributed by atoms with Gasteiger partial charge in [-0.3, -0.25) is 10.00 Å². The number of aromatic nitrogens is 3. The SMILES string of the molecule is COc1nccc(Br)c1CN1CCc2[nH]ncc2C1. The molecule has 0 fully saturated rings. The van der Waals surface area contributed by atoms with Gasteiger partial charge in [0.2, 0.25) is 5.88 Å². The molecule has 5 nitrogen and oxygen atoms in total. The summed E-state index contributed by atoms with van der Waals surface area (Å²) in [5.41, 5.74) is 3.63. The average molecular weight is 323 g/mol. The van der Waals surface area contributed by atoms with Gasteiger partial charge in [0.05, 0.1) is 13.3 Å². The molecule has 1 aliphatic heterocycles. The Morgan fingerprint density at radius 2 is 2.42 bits per heavy atom. The maximum Gasteiger partial charge on any atom is 0.218 e. The second-order valence-electron chi connectivity index (χ2n) is 4.62. The van der Waals surface area contributed by atoms with E-state index in [0.717, 1.165) is 36.1 Å². The first-order valence-corrected chi connectivity index (χ1v) is 6.98. The Morgan fingerprint density at radius 1 is 1.53 bits per heavy atom. The number of pyridine rings is 1. The van der Waals surface area contributed by atoms with Crippen LogP contribution < -0.4 is 4.74 Å². The predicted octanol–water partition coefficient (Wildman–Crippen LogP) is 2.13. The number of methoxy groups -OCH3 is 1. The summed E-state index contributed by atoms with van der Waals surface area (Å²) in [5, 5.41) is 7.15. The molecular weight excluding hydrogens is 308 g/mol. The van der Waals surface area contributed by atoms with Gasteiger partial charge in [-0.15, -0.1) is 0 Å². The van der Waals surface area contributed by atoms with Crippen LogP contribution in [-0.2, 0) is 19.5 Å². The Labute approximate surface area is 120 Å². The van der Waals surface area contributed by atoms with Gasteiger partial charge in [-0.1, -0.05) is 15.9 Å². The first-order chi connectivity index (χ1) is 9.28. The van der Waals surface area contributed by atoms with E-state index in [1.165, 1.54) is 11.3 Å². The minimum Gasteiger partial charge on any atom is -0.481 e. The maximum absolute atomic E-state index is 5.34. The third-order valence-electron chi connectivity index (χ3n) is 3.41. The number of hydrogen-bond acceptors (Lipinski definition) is 4. The van der Waals surface area contributed by atoms with Crippen molar-refractivity contribution in [1.82, 2.24) is 20.1 Å². The third kappa shape index (κ3) is 2.50. The molecule has 0 radical (unpaired) electrons. The molecule has 100 valence electrons. The molecule has 2 aromatic heterocycles.